The lowest BCUT2D eigenvalue weighted by atomic mass is 9.82. The zero-order valence-corrected chi connectivity index (χ0v) is 18.1. The first-order valence-corrected chi connectivity index (χ1v) is 10.7. The number of hydrogen-bond donors (Lipinski definition) is 3. The summed E-state index contributed by atoms with van der Waals surface area (Å²) >= 11 is 0. The normalized spacial score (nSPS) is 21.0. The molecule has 176 valence electrons. The van der Waals surface area contributed by atoms with Crippen LogP contribution in [0.15, 0.2) is 18.3 Å². The highest BCUT2D eigenvalue weighted by Crippen LogP contribution is 2.38. The number of anilines is 1. The SMILES string of the molecule is CC(C)Nc1ncc2nc(Cc3c(F)cc(F)cc3F)n([C@H]3CC[C@@](O)(C(=O)O)CC3)c2n1. The highest BCUT2D eigenvalue weighted by molar-refractivity contribution is 5.77. The molecule has 8 nitrogen and oxygen atoms in total. The van der Waals surface area contributed by atoms with Crippen molar-refractivity contribution in [2.24, 2.45) is 0 Å². The van der Waals surface area contributed by atoms with Gasteiger partial charge in [0, 0.05) is 36.2 Å². The number of aromatic nitrogens is 4. The molecule has 0 amide bonds. The Balaban J connectivity index is 1.79. The molecule has 1 aliphatic rings. The minimum atomic E-state index is -1.82. The van der Waals surface area contributed by atoms with Crippen LogP contribution in [-0.2, 0) is 11.2 Å². The summed E-state index contributed by atoms with van der Waals surface area (Å²) in [5.41, 5.74) is -1.32. The Bertz CT molecular complexity index is 1180. The molecule has 2 aromatic heterocycles. The molecule has 0 atom stereocenters. The van der Waals surface area contributed by atoms with Gasteiger partial charge >= 0.3 is 5.97 Å². The molecule has 11 heteroatoms. The average Bonchev–Trinajstić information content (AvgIpc) is 3.08. The first-order chi connectivity index (χ1) is 15.6. The number of aliphatic carboxylic acids is 1. The quantitative estimate of drug-likeness (QED) is 0.512. The molecule has 0 saturated heterocycles. The molecule has 0 spiro atoms. The predicted octanol–water partition coefficient (Wildman–Crippen LogP) is 3.59. The van der Waals surface area contributed by atoms with Crippen LogP contribution >= 0.6 is 0 Å². The molecule has 0 bridgehead atoms. The Hall–Kier alpha value is -3.21. The molecule has 1 saturated carbocycles. The van der Waals surface area contributed by atoms with E-state index < -0.39 is 29.0 Å². The summed E-state index contributed by atoms with van der Waals surface area (Å²) in [4.78, 5) is 24.7. The van der Waals surface area contributed by atoms with Crippen molar-refractivity contribution >= 4 is 23.1 Å². The van der Waals surface area contributed by atoms with Gasteiger partial charge in [0.05, 0.1) is 6.20 Å². The molecule has 1 aromatic carbocycles. The Kier molecular flexibility index (Phi) is 6.00. The predicted molar refractivity (Wildman–Crippen MR) is 113 cm³/mol. The average molecular weight is 463 g/mol. The lowest BCUT2D eigenvalue weighted by Crippen LogP contribution is -2.42. The van der Waals surface area contributed by atoms with E-state index in [4.69, 9.17) is 0 Å². The van der Waals surface area contributed by atoms with Crippen molar-refractivity contribution in [1.82, 2.24) is 19.5 Å². The van der Waals surface area contributed by atoms with Gasteiger partial charge in [-0.3, -0.25) is 0 Å². The van der Waals surface area contributed by atoms with Crippen molar-refractivity contribution < 1.29 is 28.2 Å². The van der Waals surface area contributed by atoms with E-state index in [-0.39, 0.29) is 42.7 Å². The molecule has 3 aromatic rings. The van der Waals surface area contributed by atoms with Crippen LogP contribution < -0.4 is 5.32 Å². The maximum atomic E-state index is 14.4. The van der Waals surface area contributed by atoms with Gasteiger partial charge in [-0.1, -0.05) is 0 Å². The van der Waals surface area contributed by atoms with Gasteiger partial charge in [0.15, 0.2) is 11.2 Å². The molecule has 33 heavy (non-hydrogen) atoms. The van der Waals surface area contributed by atoms with E-state index in [0.717, 1.165) is 0 Å². The van der Waals surface area contributed by atoms with E-state index >= 15 is 0 Å². The number of carboxylic acid groups (broad SMARTS) is 1. The molecule has 2 heterocycles. The zero-order chi connectivity index (χ0) is 23.9. The largest absolute Gasteiger partial charge is 0.479 e. The van der Waals surface area contributed by atoms with Crippen molar-refractivity contribution in [2.75, 3.05) is 5.32 Å². The van der Waals surface area contributed by atoms with E-state index in [1.807, 2.05) is 13.8 Å². The number of rotatable bonds is 6. The minimum Gasteiger partial charge on any atom is -0.479 e. The number of imidazole rings is 1. The van der Waals surface area contributed by atoms with Gasteiger partial charge in [0.25, 0.3) is 0 Å². The first-order valence-electron chi connectivity index (χ1n) is 10.7. The van der Waals surface area contributed by atoms with Crippen molar-refractivity contribution in [3.05, 3.63) is 47.2 Å². The van der Waals surface area contributed by atoms with Gasteiger partial charge in [-0.2, -0.15) is 4.98 Å². The fourth-order valence-corrected chi connectivity index (χ4v) is 4.23. The van der Waals surface area contributed by atoms with Gasteiger partial charge in [-0.25, -0.2) is 27.9 Å². The third-order valence-corrected chi connectivity index (χ3v) is 5.91. The Morgan fingerprint density at radius 3 is 2.42 bits per heavy atom. The van der Waals surface area contributed by atoms with Crippen molar-refractivity contribution in [2.45, 2.75) is 63.6 Å². The molecular weight excluding hydrogens is 439 g/mol. The monoisotopic (exact) mass is 463 g/mol. The first kappa shape index (κ1) is 23.0. The van der Waals surface area contributed by atoms with E-state index in [1.165, 1.54) is 6.20 Å². The molecule has 0 radical (unpaired) electrons. The van der Waals surface area contributed by atoms with Gasteiger partial charge in [-0.05, 0) is 39.5 Å². The van der Waals surface area contributed by atoms with E-state index in [1.54, 1.807) is 4.57 Å². The lowest BCUT2D eigenvalue weighted by Gasteiger charge is -2.34. The summed E-state index contributed by atoms with van der Waals surface area (Å²) < 4.78 is 43.8. The number of carbonyl (C=O) groups is 1. The van der Waals surface area contributed by atoms with Crippen LogP contribution in [0.5, 0.6) is 0 Å². The molecule has 3 N–H and O–H groups in total. The van der Waals surface area contributed by atoms with Crippen molar-refractivity contribution in [1.29, 1.82) is 0 Å². The Morgan fingerprint density at radius 1 is 1.21 bits per heavy atom. The van der Waals surface area contributed by atoms with Gasteiger partial charge < -0.3 is 20.1 Å². The summed E-state index contributed by atoms with van der Waals surface area (Å²) in [7, 11) is 0. The number of nitrogens with one attached hydrogen (secondary N) is 1. The second-order valence-corrected chi connectivity index (χ2v) is 8.69. The third-order valence-electron chi connectivity index (χ3n) is 5.91. The van der Waals surface area contributed by atoms with Gasteiger partial charge in [-0.15, -0.1) is 0 Å². The van der Waals surface area contributed by atoms with Crippen LogP contribution in [0.4, 0.5) is 19.1 Å². The number of hydrogen-bond acceptors (Lipinski definition) is 6. The van der Waals surface area contributed by atoms with Crippen molar-refractivity contribution in [3.8, 4) is 0 Å². The topological polar surface area (TPSA) is 113 Å². The molecule has 0 aliphatic heterocycles. The standard InChI is InChI=1S/C22H24F3N5O3/c1-11(2)27-21-26-10-17-19(29-21)30(13-3-5-22(33,6-4-13)20(31)32)18(28-17)9-14-15(24)7-12(23)8-16(14)25/h7-8,10-11,13,33H,3-6,9H2,1-2H3,(H,31,32)(H,26,27,29)/t13-,22-. The summed E-state index contributed by atoms with van der Waals surface area (Å²) in [6.07, 6.45) is 1.85. The fraction of sp³-hybridized carbons (Fsp3) is 0.455. The van der Waals surface area contributed by atoms with Crippen LogP contribution in [0.3, 0.4) is 0 Å². The van der Waals surface area contributed by atoms with Crippen LogP contribution in [0.1, 0.15) is 57.0 Å². The third kappa shape index (κ3) is 4.50. The Labute approximate surface area is 187 Å². The number of benzene rings is 1. The molecule has 1 aliphatic carbocycles. The number of aliphatic hydroxyl groups is 1. The van der Waals surface area contributed by atoms with Crippen LogP contribution in [0.25, 0.3) is 11.2 Å². The number of fused-ring (bicyclic) bond motifs is 1. The summed E-state index contributed by atoms with van der Waals surface area (Å²) in [5, 5.41) is 22.8. The van der Waals surface area contributed by atoms with Crippen LogP contribution in [0.2, 0.25) is 0 Å². The number of nitrogens with zero attached hydrogens (tertiary/aromatic N) is 4. The lowest BCUT2D eigenvalue weighted by molar-refractivity contribution is -0.162. The van der Waals surface area contributed by atoms with E-state index in [2.05, 4.69) is 20.3 Å². The second kappa shape index (κ2) is 8.62. The summed E-state index contributed by atoms with van der Waals surface area (Å²) in [6, 6.07) is 0.978. The fourth-order valence-electron chi connectivity index (χ4n) is 4.23. The van der Waals surface area contributed by atoms with Gasteiger partial charge in [0.2, 0.25) is 5.95 Å². The van der Waals surface area contributed by atoms with E-state index in [0.29, 0.717) is 42.1 Å². The minimum absolute atomic E-state index is 0.00751. The van der Waals surface area contributed by atoms with Crippen molar-refractivity contribution in [3.63, 3.8) is 0 Å². The summed E-state index contributed by atoms with van der Waals surface area (Å²) in [5.74, 6) is -3.71. The van der Waals surface area contributed by atoms with Crippen LogP contribution in [-0.4, -0.2) is 47.3 Å². The highest BCUT2D eigenvalue weighted by atomic mass is 19.1. The van der Waals surface area contributed by atoms with Gasteiger partial charge in [0.1, 0.15) is 28.8 Å². The maximum absolute atomic E-state index is 14.4. The molecule has 4 rings (SSSR count). The summed E-state index contributed by atoms with van der Waals surface area (Å²) in [6.45, 7) is 3.84. The molecule has 0 unspecified atom stereocenters. The smallest absolute Gasteiger partial charge is 0.335 e. The highest BCUT2D eigenvalue weighted by Gasteiger charge is 2.41. The van der Waals surface area contributed by atoms with Crippen LogP contribution in [0, 0.1) is 17.5 Å². The zero-order valence-electron chi connectivity index (χ0n) is 18.1. The second-order valence-electron chi connectivity index (χ2n) is 8.69. The number of carboxylic acids is 1. The maximum Gasteiger partial charge on any atom is 0.335 e. The molecule has 1 fully saturated rings. The Morgan fingerprint density at radius 2 is 1.85 bits per heavy atom. The number of halogens is 3. The molecular formula is C22H24F3N5O3. The van der Waals surface area contributed by atoms with E-state index in [9.17, 15) is 28.2 Å².